The molecule has 0 radical (unpaired) electrons. The Morgan fingerprint density at radius 2 is 1.88 bits per heavy atom. The number of nitrogens with zero attached hydrogens (tertiary/aromatic N) is 2. The minimum Gasteiger partial charge on any atom is -0.508 e. The van der Waals surface area contributed by atoms with Gasteiger partial charge in [0.2, 0.25) is 11.8 Å². The second kappa shape index (κ2) is 7.05. The Morgan fingerprint density at radius 1 is 1.21 bits per heavy atom. The number of hydrogen-bond donors (Lipinski definition) is 1. The summed E-state index contributed by atoms with van der Waals surface area (Å²) in [6.07, 6.45) is 2.04. The first kappa shape index (κ1) is 17.1. The molecule has 2 aliphatic rings. The van der Waals surface area contributed by atoms with Crippen LogP contribution in [0, 0.1) is 5.92 Å². The Bertz CT molecular complexity index is 628. The molecule has 2 amide bonds. The summed E-state index contributed by atoms with van der Waals surface area (Å²) in [5.41, 5.74) is 0.695. The first-order valence-electron chi connectivity index (χ1n) is 8.46. The van der Waals surface area contributed by atoms with Gasteiger partial charge in [0.25, 0.3) is 0 Å². The normalized spacial score (nSPS) is 25.1. The lowest BCUT2D eigenvalue weighted by Gasteiger charge is -2.35. The highest BCUT2D eigenvalue weighted by atomic mass is 32.2. The van der Waals surface area contributed by atoms with E-state index in [-0.39, 0.29) is 22.9 Å². The van der Waals surface area contributed by atoms with E-state index in [1.165, 1.54) is 6.92 Å². The molecule has 0 aromatic heterocycles. The molecule has 2 heterocycles. The van der Waals surface area contributed by atoms with Crippen LogP contribution in [0.25, 0.3) is 0 Å². The van der Waals surface area contributed by atoms with Crippen molar-refractivity contribution >= 4 is 23.6 Å². The van der Waals surface area contributed by atoms with Crippen molar-refractivity contribution in [1.29, 1.82) is 0 Å². The molecule has 3 rings (SSSR count). The molecule has 6 heteroatoms. The molecule has 0 spiro atoms. The lowest BCUT2D eigenvalue weighted by molar-refractivity contribution is -0.144. The molecular weight excluding hydrogens is 324 g/mol. The molecular formula is C18H24N2O3S. The predicted octanol–water partition coefficient (Wildman–Crippen LogP) is 2.61. The molecule has 5 nitrogen and oxygen atoms in total. The molecule has 0 saturated carbocycles. The number of hydrogen-bond acceptors (Lipinski definition) is 4. The molecule has 2 atom stereocenters. The van der Waals surface area contributed by atoms with Gasteiger partial charge in [0.1, 0.15) is 17.2 Å². The summed E-state index contributed by atoms with van der Waals surface area (Å²) in [6, 6.07) is 6.60. The van der Waals surface area contributed by atoms with E-state index >= 15 is 0 Å². The van der Waals surface area contributed by atoms with Gasteiger partial charge in [-0.3, -0.25) is 9.59 Å². The van der Waals surface area contributed by atoms with Crippen LogP contribution in [-0.4, -0.2) is 51.6 Å². The van der Waals surface area contributed by atoms with Gasteiger partial charge in [-0.25, -0.2) is 0 Å². The number of para-hydroxylation sites is 1. The van der Waals surface area contributed by atoms with Crippen LogP contribution in [0.1, 0.15) is 37.6 Å². The van der Waals surface area contributed by atoms with E-state index in [9.17, 15) is 14.7 Å². The molecule has 1 aromatic carbocycles. The quantitative estimate of drug-likeness (QED) is 0.892. The standard InChI is InChI=1S/C18H24N2O3S/c1-12-7-9-19(10-8-12)17(23)15-11-24-18(20(15)13(2)21)14-5-3-4-6-16(14)22/h3-6,12,15,18,22H,7-11H2,1-2H3. The van der Waals surface area contributed by atoms with Crippen LogP contribution in [0.2, 0.25) is 0 Å². The smallest absolute Gasteiger partial charge is 0.246 e. The maximum Gasteiger partial charge on any atom is 0.246 e. The summed E-state index contributed by atoms with van der Waals surface area (Å²) in [6.45, 7) is 5.25. The summed E-state index contributed by atoms with van der Waals surface area (Å²) >= 11 is 1.54. The number of rotatable bonds is 2. The van der Waals surface area contributed by atoms with Crippen LogP contribution in [0.4, 0.5) is 0 Å². The lowest BCUT2D eigenvalue weighted by Crippen LogP contribution is -2.50. The van der Waals surface area contributed by atoms with Crippen LogP contribution in [-0.2, 0) is 9.59 Å². The number of aromatic hydroxyl groups is 1. The minimum atomic E-state index is -0.439. The monoisotopic (exact) mass is 348 g/mol. The van der Waals surface area contributed by atoms with Gasteiger partial charge >= 0.3 is 0 Å². The van der Waals surface area contributed by atoms with Gasteiger partial charge in [-0.15, -0.1) is 11.8 Å². The highest BCUT2D eigenvalue weighted by Crippen LogP contribution is 2.44. The molecule has 130 valence electrons. The number of amides is 2. The summed E-state index contributed by atoms with van der Waals surface area (Å²) in [5.74, 6) is 1.31. The fourth-order valence-electron chi connectivity index (χ4n) is 3.46. The number of carbonyl (C=O) groups is 2. The number of phenols is 1. The largest absolute Gasteiger partial charge is 0.508 e. The minimum absolute atomic E-state index is 0.0440. The molecule has 0 bridgehead atoms. The molecule has 2 aliphatic heterocycles. The fraction of sp³-hybridized carbons (Fsp3) is 0.556. The number of carbonyl (C=O) groups excluding carboxylic acids is 2. The summed E-state index contributed by atoms with van der Waals surface area (Å²) in [4.78, 5) is 28.7. The van der Waals surface area contributed by atoms with Crippen LogP contribution < -0.4 is 0 Å². The number of likely N-dealkylation sites (tertiary alicyclic amines) is 1. The van der Waals surface area contributed by atoms with Crippen molar-refractivity contribution in [3.63, 3.8) is 0 Å². The Morgan fingerprint density at radius 3 is 2.50 bits per heavy atom. The van der Waals surface area contributed by atoms with Crippen molar-refractivity contribution in [3.8, 4) is 5.75 Å². The van der Waals surface area contributed by atoms with Crippen LogP contribution in [0.3, 0.4) is 0 Å². The zero-order valence-corrected chi connectivity index (χ0v) is 15.0. The molecule has 24 heavy (non-hydrogen) atoms. The van der Waals surface area contributed by atoms with Gasteiger partial charge in [-0.1, -0.05) is 25.1 Å². The Balaban J connectivity index is 1.81. The van der Waals surface area contributed by atoms with Crippen molar-refractivity contribution in [2.75, 3.05) is 18.8 Å². The first-order chi connectivity index (χ1) is 11.5. The van der Waals surface area contributed by atoms with Crippen molar-refractivity contribution < 1.29 is 14.7 Å². The fourth-order valence-corrected chi connectivity index (χ4v) is 4.96. The van der Waals surface area contributed by atoms with Crippen molar-refractivity contribution in [2.45, 2.75) is 38.1 Å². The van der Waals surface area contributed by atoms with Crippen molar-refractivity contribution in [3.05, 3.63) is 29.8 Å². The maximum atomic E-state index is 12.9. The zero-order valence-electron chi connectivity index (χ0n) is 14.1. The van der Waals surface area contributed by atoms with Crippen molar-refractivity contribution in [1.82, 2.24) is 9.80 Å². The maximum absolute atomic E-state index is 12.9. The molecule has 2 unspecified atom stereocenters. The summed E-state index contributed by atoms with van der Waals surface area (Å²) in [5, 5.41) is 9.82. The van der Waals surface area contributed by atoms with E-state index in [0.717, 1.165) is 25.9 Å². The van der Waals surface area contributed by atoms with E-state index in [1.54, 1.807) is 28.8 Å². The molecule has 1 aromatic rings. The predicted molar refractivity (Wildman–Crippen MR) is 94.6 cm³/mol. The van der Waals surface area contributed by atoms with Gasteiger partial charge in [0.05, 0.1) is 0 Å². The Hall–Kier alpha value is -1.69. The van der Waals surface area contributed by atoms with Gasteiger partial charge in [-0.05, 0) is 24.8 Å². The Kier molecular flexibility index (Phi) is 5.04. The first-order valence-corrected chi connectivity index (χ1v) is 9.51. The van der Waals surface area contributed by atoms with Crippen LogP contribution >= 0.6 is 11.8 Å². The molecule has 1 N–H and O–H groups in total. The van der Waals surface area contributed by atoms with E-state index < -0.39 is 6.04 Å². The van der Waals surface area contributed by atoms with E-state index in [4.69, 9.17) is 0 Å². The third kappa shape index (κ3) is 3.24. The number of phenolic OH excluding ortho intramolecular Hbond substituents is 1. The van der Waals surface area contributed by atoms with Gasteiger partial charge in [-0.2, -0.15) is 0 Å². The van der Waals surface area contributed by atoms with E-state index in [0.29, 0.717) is 17.2 Å². The third-order valence-electron chi connectivity index (χ3n) is 4.95. The van der Waals surface area contributed by atoms with E-state index in [2.05, 4.69) is 6.92 Å². The lowest BCUT2D eigenvalue weighted by atomic mass is 9.98. The van der Waals surface area contributed by atoms with Gasteiger partial charge in [0, 0.05) is 31.3 Å². The van der Waals surface area contributed by atoms with Gasteiger partial charge in [0.15, 0.2) is 0 Å². The summed E-state index contributed by atoms with van der Waals surface area (Å²) < 4.78 is 0. The van der Waals surface area contributed by atoms with Crippen LogP contribution in [0.5, 0.6) is 5.75 Å². The number of piperidine rings is 1. The SMILES string of the molecule is CC(=O)N1C(C(=O)N2CCC(C)CC2)CSC1c1ccccc1O. The zero-order chi connectivity index (χ0) is 17.3. The third-order valence-corrected chi connectivity index (χ3v) is 6.25. The Labute approximate surface area is 147 Å². The molecule has 2 saturated heterocycles. The average molecular weight is 348 g/mol. The second-order valence-electron chi connectivity index (χ2n) is 6.69. The highest BCUT2D eigenvalue weighted by molar-refractivity contribution is 7.99. The van der Waals surface area contributed by atoms with E-state index in [1.807, 2.05) is 17.0 Å². The van der Waals surface area contributed by atoms with Gasteiger partial charge < -0.3 is 14.9 Å². The number of benzene rings is 1. The molecule has 0 aliphatic carbocycles. The second-order valence-corrected chi connectivity index (χ2v) is 7.81. The average Bonchev–Trinajstić information content (AvgIpc) is 3.00. The number of thioether (sulfide) groups is 1. The summed E-state index contributed by atoms with van der Waals surface area (Å²) in [7, 11) is 0. The van der Waals surface area contributed by atoms with Crippen molar-refractivity contribution in [2.24, 2.45) is 5.92 Å². The van der Waals surface area contributed by atoms with Crippen LogP contribution in [0.15, 0.2) is 24.3 Å². The molecule has 2 fully saturated rings. The highest BCUT2D eigenvalue weighted by Gasteiger charge is 2.43. The topological polar surface area (TPSA) is 60.9 Å².